The van der Waals surface area contributed by atoms with Crippen LogP contribution in [0.5, 0.6) is 0 Å². The van der Waals surface area contributed by atoms with Gasteiger partial charge in [0, 0.05) is 127 Å². The molecule has 12 rings (SSSR count). The molecule has 3 aromatic rings. The van der Waals surface area contributed by atoms with Gasteiger partial charge in [-0.2, -0.15) is 0 Å². The quantitative estimate of drug-likeness (QED) is 0.192. The van der Waals surface area contributed by atoms with Crippen LogP contribution in [0.2, 0.25) is 0 Å². The van der Waals surface area contributed by atoms with Crippen molar-refractivity contribution in [1.29, 1.82) is 0 Å². The Morgan fingerprint density at radius 3 is 2.13 bits per heavy atom. The molecule has 9 aliphatic rings. The number of pyridine rings is 2. The number of hydrogen-bond acceptors (Lipinski definition) is 15. The molecule has 0 aromatic carbocycles. The number of anilines is 3. The molecule has 6 saturated heterocycles. The maximum absolute atomic E-state index is 6.00. The standard InChI is InChI=1S/C12H17N3O.C11H16N4.C7H14N2.C6H9N3.C6H13N3.3CH4/c1-15-7-4-12(5-8-15)10-3-2-6-13-11(10)14-9-16-12;1-2-10-11(13-5-1)14-8-15(10)9-3-6-12-7-4-9;1-2-7-6-8-3-5-9(7)4-1;1-3-9-4-2-8-6(9)5-7-1;1-2-9-5-8-4-6(9)3-7-1;;;/h2-3,6H,4-5,7-9H2,1H3,(H,13,14);1-2,5,9,12H,3-4,6-8H2,(H,13,14);7-8H,1-6H2;2,4,7H,1,3,5H2;6-8H,1-5H2;3*1H4. The fourth-order valence-corrected chi connectivity index (χ4v) is 9.69. The van der Waals surface area contributed by atoms with Gasteiger partial charge < -0.3 is 56.3 Å². The third-order valence-corrected chi connectivity index (χ3v) is 13.2. The van der Waals surface area contributed by atoms with Gasteiger partial charge in [0.25, 0.3) is 0 Å². The van der Waals surface area contributed by atoms with Gasteiger partial charge in [0.2, 0.25) is 0 Å². The van der Waals surface area contributed by atoms with E-state index in [0.29, 0.717) is 12.8 Å². The van der Waals surface area contributed by atoms with E-state index < -0.39 is 0 Å². The first-order chi connectivity index (χ1) is 28.6. The van der Waals surface area contributed by atoms with Crippen molar-refractivity contribution in [3.8, 4) is 0 Å². The van der Waals surface area contributed by atoms with E-state index in [4.69, 9.17) is 4.74 Å². The van der Waals surface area contributed by atoms with Crippen molar-refractivity contribution in [1.82, 2.24) is 60.8 Å². The summed E-state index contributed by atoms with van der Waals surface area (Å²) in [6, 6.07) is 10.6. The van der Waals surface area contributed by atoms with E-state index in [-0.39, 0.29) is 27.9 Å². The summed E-state index contributed by atoms with van der Waals surface area (Å²) in [6.07, 6.45) is 15.0. The predicted octanol–water partition coefficient (Wildman–Crippen LogP) is 3.19. The molecule has 16 nitrogen and oxygen atoms in total. The van der Waals surface area contributed by atoms with Crippen LogP contribution in [0, 0.1) is 0 Å². The minimum atomic E-state index is -0.0959. The highest BCUT2D eigenvalue weighted by atomic mass is 16.5. The molecule has 12 heterocycles. The largest absolute Gasteiger partial charge is 0.351 e. The van der Waals surface area contributed by atoms with Crippen LogP contribution in [0.25, 0.3) is 0 Å². The van der Waals surface area contributed by atoms with Crippen LogP contribution in [0.3, 0.4) is 0 Å². The average molecular weight is 848 g/mol. The molecule has 342 valence electrons. The molecule has 2 unspecified atom stereocenters. The lowest BCUT2D eigenvalue weighted by Crippen LogP contribution is -2.48. The number of hydrogen-bond donors (Lipinski definition) is 7. The van der Waals surface area contributed by atoms with Gasteiger partial charge in [0.1, 0.15) is 24.0 Å². The summed E-state index contributed by atoms with van der Waals surface area (Å²) in [7, 11) is 2.16. The normalized spacial score (nSPS) is 24.8. The molecule has 16 heteroatoms. The fourth-order valence-electron chi connectivity index (χ4n) is 9.69. The van der Waals surface area contributed by atoms with E-state index in [2.05, 4.69) is 95.5 Å². The van der Waals surface area contributed by atoms with Crippen LogP contribution in [0.4, 0.5) is 17.3 Å². The zero-order valence-corrected chi connectivity index (χ0v) is 34.8. The van der Waals surface area contributed by atoms with Crippen LogP contribution in [-0.2, 0) is 23.4 Å². The van der Waals surface area contributed by atoms with Gasteiger partial charge in [0.05, 0.1) is 18.9 Å². The van der Waals surface area contributed by atoms with E-state index in [0.717, 1.165) is 108 Å². The lowest BCUT2D eigenvalue weighted by molar-refractivity contribution is -0.0855. The van der Waals surface area contributed by atoms with Gasteiger partial charge >= 0.3 is 0 Å². The molecular formula is C45H81N15O. The van der Waals surface area contributed by atoms with Crippen molar-refractivity contribution in [3.05, 3.63) is 60.4 Å². The van der Waals surface area contributed by atoms with Crippen LogP contribution in [0.15, 0.2) is 49.1 Å². The lowest BCUT2D eigenvalue weighted by atomic mass is 9.84. The molecule has 0 radical (unpaired) electrons. The molecule has 1 spiro atoms. The Hall–Kier alpha value is -3.45. The zero-order valence-electron chi connectivity index (χ0n) is 34.8. The van der Waals surface area contributed by atoms with Gasteiger partial charge in [-0.25, -0.2) is 15.0 Å². The monoisotopic (exact) mass is 848 g/mol. The summed E-state index contributed by atoms with van der Waals surface area (Å²) in [6.45, 7) is 19.9. The first-order valence-electron chi connectivity index (χ1n) is 22.1. The number of nitrogens with zero attached hydrogens (tertiary/aromatic N) is 8. The van der Waals surface area contributed by atoms with Gasteiger partial charge in [-0.1, -0.05) is 28.3 Å². The molecule has 0 aliphatic carbocycles. The fraction of sp³-hybridized carbons (Fsp3) is 0.711. The van der Waals surface area contributed by atoms with Gasteiger partial charge in [0.15, 0.2) is 5.82 Å². The Balaban J connectivity index is 0.000000146. The minimum absolute atomic E-state index is 0. The van der Waals surface area contributed by atoms with Crippen molar-refractivity contribution < 1.29 is 4.74 Å². The van der Waals surface area contributed by atoms with E-state index in [9.17, 15) is 0 Å². The summed E-state index contributed by atoms with van der Waals surface area (Å²) in [5, 5.41) is 23.3. The first kappa shape index (κ1) is 48.6. The highest BCUT2D eigenvalue weighted by molar-refractivity contribution is 5.71. The number of likely N-dealkylation sites (tertiary alicyclic amines) is 1. The van der Waals surface area contributed by atoms with E-state index >= 15 is 0 Å². The number of ether oxygens (including phenoxy) is 1. The average Bonchev–Trinajstić information content (AvgIpc) is 4.13. The van der Waals surface area contributed by atoms with Crippen molar-refractivity contribution in [2.45, 2.75) is 97.6 Å². The summed E-state index contributed by atoms with van der Waals surface area (Å²) in [5.74, 6) is 3.19. The molecule has 9 aliphatic heterocycles. The minimum Gasteiger partial charge on any atom is -0.351 e. The lowest BCUT2D eigenvalue weighted by Gasteiger charge is -2.43. The molecule has 61 heavy (non-hydrogen) atoms. The summed E-state index contributed by atoms with van der Waals surface area (Å²) >= 11 is 0. The topological polar surface area (TPSA) is 150 Å². The van der Waals surface area contributed by atoms with Crippen LogP contribution >= 0.6 is 0 Å². The van der Waals surface area contributed by atoms with Crippen molar-refractivity contribution in [2.24, 2.45) is 0 Å². The second-order valence-electron chi connectivity index (χ2n) is 16.9. The summed E-state index contributed by atoms with van der Waals surface area (Å²) < 4.78 is 8.18. The number of fused-ring (bicyclic) bond motifs is 6. The van der Waals surface area contributed by atoms with Crippen LogP contribution in [0.1, 0.15) is 72.2 Å². The van der Waals surface area contributed by atoms with Crippen molar-refractivity contribution >= 4 is 17.3 Å². The molecule has 2 atom stereocenters. The van der Waals surface area contributed by atoms with Gasteiger partial charge in [-0.05, 0) is 83.4 Å². The third kappa shape index (κ3) is 12.6. The second-order valence-corrected chi connectivity index (χ2v) is 16.9. The Bertz CT molecular complexity index is 1610. The Labute approximate surface area is 367 Å². The molecule has 0 saturated carbocycles. The highest BCUT2D eigenvalue weighted by Crippen LogP contribution is 2.41. The Morgan fingerprint density at radius 1 is 0.639 bits per heavy atom. The van der Waals surface area contributed by atoms with Crippen molar-refractivity contribution in [3.63, 3.8) is 0 Å². The van der Waals surface area contributed by atoms with Crippen molar-refractivity contribution in [2.75, 3.05) is 128 Å². The SMILES string of the molecule is C.C.C.C1CC2CNCCN2C1.C1CN2CNCC2CN1.CN1CCC2(CC1)OCNc1ncccc12.c1cn2c(n1)CNCC2.c1cnc2c(c1)N(C1CCNCC1)CN2. The highest BCUT2D eigenvalue weighted by Gasteiger charge is 2.40. The molecule has 3 aromatic heterocycles. The van der Waals surface area contributed by atoms with E-state index in [1.54, 1.807) is 0 Å². The van der Waals surface area contributed by atoms with Crippen LogP contribution in [-0.4, -0.2) is 165 Å². The van der Waals surface area contributed by atoms with E-state index in [1.807, 2.05) is 36.9 Å². The Morgan fingerprint density at radius 2 is 1.36 bits per heavy atom. The third-order valence-electron chi connectivity index (χ3n) is 13.2. The molecule has 6 fully saturated rings. The number of piperidine rings is 2. The maximum Gasteiger partial charge on any atom is 0.151 e. The second kappa shape index (κ2) is 24.4. The maximum atomic E-state index is 6.00. The Kier molecular flexibility index (Phi) is 19.4. The predicted molar refractivity (Wildman–Crippen MR) is 251 cm³/mol. The molecule has 7 N–H and O–H groups in total. The van der Waals surface area contributed by atoms with Gasteiger partial charge in [-0.3, -0.25) is 9.80 Å². The zero-order chi connectivity index (χ0) is 39.4. The molecular weight excluding hydrogens is 767 g/mol. The van der Waals surface area contributed by atoms with E-state index in [1.165, 1.54) is 82.7 Å². The summed E-state index contributed by atoms with van der Waals surface area (Å²) in [4.78, 5) is 22.8. The molecule has 0 bridgehead atoms. The van der Waals surface area contributed by atoms with Crippen LogP contribution < -0.4 is 42.1 Å². The number of piperazine rings is 2. The first-order valence-corrected chi connectivity index (χ1v) is 22.1. The number of nitrogens with one attached hydrogen (secondary N) is 7. The number of imidazole rings is 1. The number of rotatable bonds is 1. The smallest absolute Gasteiger partial charge is 0.151 e. The summed E-state index contributed by atoms with van der Waals surface area (Å²) in [5.41, 5.74) is 2.40. The van der Waals surface area contributed by atoms with Gasteiger partial charge in [-0.15, -0.1) is 0 Å². The number of aromatic nitrogens is 4. The molecule has 0 amide bonds.